The number of esters is 2. The Bertz CT molecular complexity index is 1430. The van der Waals surface area contributed by atoms with Crippen LogP contribution in [0.4, 0.5) is 11.4 Å². The van der Waals surface area contributed by atoms with Gasteiger partial charge in [-0.15, -0.1) is 0 Å². The highest BCUT2D eigenvalue weighted by Gasteiger charge is 2.38. The number of nitrogens with zero attached hydrogens (tertiary/aromatic N) is 2. The van der Waals surface area contributed by atoms with Crippen LogP contribution in [0.1, 0.15) is 45.7 Å². The van der Waals surface area contributed by atoms with Gasteiger partial charge in [-0.3, -0.25) is 19.2 Å². The smallest absolute Gasteiger partial charge is 0.397 e. The van der Waals surface area contributed by atoms with Crippen molar-refractivity contribution in [3.8, 4) is 11.5 Å². The van der Waals surface area contributed by atoms with Crippen molar-refractivity contribution >= 4 is 46.7 Å². The van der Waals surface area contributed by atoms with Crippen LogP contribution >= 0.6 is 0 Å². The molecular formula is C28H28N4O10. The van der Waals surface area contributed by atoms with E-state index in [0.29, 0.717) is 0 Å². The zero-order chi connectivity index (χ0) is 30.3. The highest BCUT2D eigenvalue weighted by molar-refractivity contribution is 6.34. The molecule has 2 atom stereocenters. The molecule has 220 valence electrons. The zero-order valence-corrected chi connectivity index (χ0v) is 22.8. The van der Waals surface area contributed by atoms with Gasteiger partial charge in [0, 0.05) is 37.6 Å². The molecule has 2 amide bonds. The number of cyclic esters (lactones) is 2. The average molecular weight is 581 g/mol. The third kappa shape index (κ3) is 5.06. The summed E-state index contributed by atoms with van der Waals surface area (Å²) in [5.74, 6) is -5.86. The molecule has 0 spiro atoms. The Labute approximate surface area is 239 Å². The van der Waals surface area contributed by atoms with Gasteiger partial charge in [-0.2, -0.15) is 0 Å². The van der Waals surface area contributed by atoms with E-state index in [-0.39, 0.29) is 72.9 Å². The third-order valence-corrected chi connectivity index (χ3v) is 7.16. The molecule has 0 bridgehead atoms. The number of carbonyl (C=O) groups is 6. The number of phenolic OH excluding ortho intramolecular Hbond substituents is 2. The zero-order valence-electron chi connectivity index (χ0n) is 22.8. The number of hydrogen-bond donors (Lipinski definition) is 4. The first-order valence-corrected chi connectivity index (χ1v) is 13.3. The minimum Gasteiger partial charge on any atom is -0.507 e. The van der Waals surface area contributed by atoms with Gasteiger partial charge in [0.2, 0.25) is 11.6 Å². The normalized spacial score (nSPS) is 20.1. The van der Waals surface area contributed by atoms with Crippen molar-refractivity contribution in [2.75, 3.05) is 49.9 Å². The molecule has 14 nitrogen and oxygen atoms in total. The van der Waals surface area contributed by atoms with Crippen molar-refractivity contribution in [3.63, 3.8) is 0 Å². The molecule has 2 heterocycles. The second kappa shape index (κ2) is 11.0. The first-order chi connectivity index (χ1) is 20.0. The molecule has 0 saturated carbocycles. The van der Waals surface area contributed by atoms with Gasteiger partial charge in [-0.05, 0) is 38.1 Å². The fourth-order valence-corrected chi connectivity index (χ4v) is 5.28. The Kier molecular flexibility index (Phi) is 7.45. The number of anilines is 2. The number of nitrogens with one attached hydrogen (secondary N) is 2. The van der Waals surface area contributed by atoms with Gasteiger partial charge in [-0.1, -0.05) is 0 Å². The summed E-state index contributed by atoms with van der Waals surface area (Å²) >= 11 is 0. The predicted octanol–water partition coefficient (Wildman–Crippen LogP) is 0.245. The lowest BCUT2D eigenvalue weighted by atomic mass is 9.81. The number of hydrogen-bond acceptors (Lipinski definition) is 12. The van der Waals surface area contributed by atoms with Crippen LogP contribution in [0.5, 0.6) is 11.5 Å². The maximum atomic E-state index is 13.7. The summed E-state index contributed by atoms with van der Waals surface area (Å²) in [5, 5.41) is 27.0. The lowest BCUT2D eigenvalue weighted by Gasteiger charge is -2.31. The van der Waals surface area contributed by atoms with Gasteiger partial charge in [0.25, 0.3) is 0 Å². The number of amides is 2. The van der Waals surface area contributed by atoms with Crippen molar-refractivity contribution in [2.45, 2.75) is 26.1 Å². The van der Waals surface area contributed by atoms with Gasteiger partial charge in [0.15, 0.2) is 0 Å². The molecule has 5 rings (SSSR count). The van der Waals surface area contributed by atoms with Crippen molar-refractivity contribution in [1.29, 1.82) is 0 Å². The first-order valence-electron chi connectivity index (χ1n) is 13.3. The molecule has 2 unspecified atom stereocenters. The minimum absolute atomic E-state index is 0.0672. The van der Waals surface area contributed by atoms with Crippen molar-refractivity contribution < 1.29 is 48.5 Å². The number of ketones is 2. The number of benzene rings is 2. The molecule has 0 radical (unpaired) electrons. The summed E-state index contributed by atoms with van der Waals surface area (Å²) in [6.07, 6.45) is -0.956. The Balaban J connectivity index is 1.42. The molecule has 2 aromatic rings. The SMILES string of the molecule is CC1CN(CCNc2ccc(NCCN3CC(C)OC(=O)C3=O)c3c2C(=O)c2c(O)ccc(O)c2C3=O)C(=O)C(=O)O1. The Morgan fingerprint density at radius 2 is 1.05 bits per heavy atom. The van der Waals surface area contributed by atoms with Crippen LogP contribution in [0.3, 0.4) is 0 Å². The largest absolute Gasteiger partial charge is 0.507 e. The van der Waals surface area contributed by atoms with E-state index in [2.05, 4.69) is 10.6 Å². The summed E-state index contributed by atoms with van der Waals surface area (Å²) < 4.78 is 9.84. The molecular weight excluding hydrogens is 552 g/mol. The van der Waals surface area contributed by atoms with Crippen LogP contribution in [0.15, 0.2) is 24.3 Å². The molecule has 4 N–H and O–H groups in total. The third-order valence-electron chi connectivity index (χ3n) is 7.16. The lowest BCUT2D eigenvalue weighted by Crippen LogP contribution is -2.50. The summed E-state index contributed by atoms with van der Waals surface area (Å²) in [5.41, 5.74) is -0.371. The van der Waals surface area contributed by atoms with Gasteiger partial charge in [-0.25, -0.2) is 9.59 Å². The topological polar surface area (TPSA) is 192 Å². The number of fused-ring (bicyclic) bond motifs is 2. The summed E-state index contributed by atoms with van der Waals surface area (Å²) in [6, 6.07) is 5.31. The maximum Gasteiger partial charge on any atom is 0.397 e. The van der Waals surface area contributed by atoms with Crippen molar-refractivity contribution in [2.24, 2.45) is 0 Å². The second-order valence-electron chi connectivity index (χ2n) is 10.2. The molecule has 2 aromatic carbocycles. The van der Waals surface area contributed by atoms with E-state index in [0.717, 1.165) is 12.1 Å². The molecule has 2 fully saturated rings. The van der Waals surface area contributed by atoms with E-state index in [4.69, 9.17) is 9.47 Å². The molecule has 3 aliphatic rings. The number of phenols is 2. The molecule has 2 saturated heterocycles. The Hall–Kier alpha value is -5.14. The van der Waals surface area contributed by atoms with Crippen LogP contribution in [-0.4, -0.2) is 107 Å². The summed E-state index contributed by atoms with van der Waals surface area (Å²) in [7, 11) is 0. The van der Waals surface area contributed by atoms with Gasteiger partial charge < -0.3 is 40.1 Å². The lowest BCUT2D eigenvalue weighted by molar-refractivity contribution is -0.171. The summed E-state index contributed by atoms with van der Waals surface area (Å²) in [4.78, 5) is 77.9. The Morgan fingerprint density at radius 3 is 1.43 bits per heavy atom. The fourth-order valence-electron chi connectivity index (χ4n) is 5.28. The van der Waals surface area contributed by atoms with E-state index < -0.39 is 59.0 Å². The highest BCUT2D eigenvalue weighted by atomic mass is 16.6. The number of ether oxygens (including phenoxy) is 2. The minimum atomic E-state index is -0.952. The van der Waals surface area contributed by atoms with E-state index in [9.17, 15) is 39.0 Å². The van der Waals surface area contributed by atoms with Crippen LogP contribution in [-0.2, 0) is 28.7 Å². The van der Waals surface area contributed by atoms with E-state index in [1.807, 2.05) is 0 Å². The van der Waals surface area contributed by atoms with E-state index >= 15 is 0 Å². The maximum absolute atomic E-state index is 13.7. The van der Waals surface area contributed by atoms with Gasteiger partial charge in [0.1, 0.15) is 23.7 Å². The van der Waals surface area contributed by atoms with Crippen LogP contribution in [0.25, 0.3) is 0 Å². The monoisotopic (exact) mass is 580 g/mol. The second-order valence-corrected chi connectivity index (χ2v) is 10.2. The standard InChI is InChI=1S/C28H28N4O10/c1-13-11-31(25(37)27(39)41-13)9-7-29-15-3-4-16(30-8-10-32-12-14(2)42-28(40)26(32)38)20-19(15)23(35)21-17(33)5-6-18(34)22(21)24(20)36/h3-6,13-14,29-30,33-34H,7-12H2,1-2H3. The van der Waals surface area contributed by atoms with Crippen molar-refractivity contribution in [3.05, 3.63) is 46.5 Å². The fraction of sp³-hybridized carbons (Fsp3) is 0.357. The number of aromatic hydroxyl groups is 2. The number of morpholine rings is 2. The first kappa shape index (κ1) is 28.4. The predicted molar refractivity (Wildman–Crippen MR) is 144 cm³/mol. The quantitative estimate of drug-likeness (QED) is 0.161. The molecule has 2 aliphatic heterocycles. The molecule has 14 heteroatoms. The van der Waals surface area contributed by atoms with E-state index in [1.54, 1.807) is 13.8 Å². The summed E-state index contributed by atoms with van der Waals surface area (Å²) in [6.45, 7) is 4.12. The highest BCUT2D eigenvalue weighted by Crippen LogP contribution is 2.42. The van der Waals surface area contributed by atoms with Crippen LogP contribution in [0, 0.1) is 0 Å². The van der Waals surface area contributed by atoms with Crippen LogP contribution < -0.4 is 10.6 Å². The van der Waals surface area contributed by atoms with Crippen molar-refractivity contribution in [1.82, 2.24) is 9.80 Å². The number of carbonyl (C=O) groups excluding carboxylic acids is 6. The molecule has 0 aromatic heterocycles. The van der Waals surface area contributed by atoms with E-state index in [1.165, 1.54) is 21.9 Å². The van der Waals surface area contributed by atoms with Gasteiger partial charge in [0.05, 0.1) is 35.3 Å². The molecule has 42 heavy (non-hydrogen) atoms. The van der Waals surface area contributed by atoms with Gasteiger partial charge >= 0.3 is 23.8 Å². The average Bonchev–Trinajstić information content (AvgIpc) is 2.94. The van der Waals surface area contributed by atoms with Crippen LogP contribution in [0.2, 0.25) is 0 Å². The number of rotatable bonds is 8. The molecule has 1 aliphatic carbocycles. The Morgan fingerprint density at radius 1 is 0.667 bits per heavy atom.